The molecule has 1 aliphatic carbocycles. The number of hydrogen-bond donors (Lipinski definition) is 1. The first kappa shape index (κ1) is 14.8. The van der Waals surface area contributed by atoms with Crippen LogP contribution < -0.4 is 9.47 Å². The molecule has 21 heavy (non-hydrogen) atoms. The number of carbonyl (C=O) groups is 2. The van der Waals surface area contributed by atoms with Crippen molar-refractivity contribution in [1.29, 1.82) is 0 Å². The molecule has 0 aliphatic heterocycles. The normalized spacial score (nSPS) is 14.1. The molecule has 6 heteroatoms. The van der Waals surface area contributed by atoms with Crippen LogP contribution in [0.5, 0.6) is 11.5 Å². The molecule has 0 bridgehead atoms. The molecule has 2 rings (SSSR count). The van der Waals surface area contributed by atoms with Crippen molar-refractivity contribution in [2.24, 2.45) is 5.16 Å². The Morgan fingerprint density at radius 2 is 1.76 bits per heavy atom. The Kier molecular flexibility index (Phi) is 4.07. The van der Waals surface area contributed by atoms with Gasteiger partial charge in [0, 0.05) is 5.56 Å². The summed E-state index contributed by atoms with van der Waals surface area (Å²) >= 11 is 0. The summed E-state index contributed by atoms with van der Waals surface area (Å²) in [6, 6.07) is 1.54. The number of ether oxygens (including phenoxy) is 2. The van der Waals surface area contributed by atoms with Gasteiger partial charge in [-0.15, -0.1) is 0 Å². The van der Waals surface area contributed by atoms with Gasteiger partial charge in [0.25, 0.3) is 0 Å². The maximum absolute atomic E-state index is 12.2. The Balaban J connectivity index is 2.87. The quantitative estimate of drug-likeness (QED) is 0.522. The summed E-state index contributed by atoms with van der Waals surface area (Å²) in [5.74, 6) is -0.221. The second kappa shape index (κ2) is 5.78. The third kappa shape index (κ3) is 2.29. The molecule has 1 aliphatic rings. The van der Waals surface area contributed by atoms with E-state index in [-0.39, 0.29) is 34.2 Å². The third-order valence-corrected chi connectivity index (χ3v) is 3.31. The van der Waals surface area contributed by atoms with Gasteiger partial charge in [-0.05, 0) is 24.6 Å². The van der Waals surface area contributed by atoms with Crippen molar-refractivity contribution in [3.8, 4) is 11.5 Å². The van der Waals surface area contributed by atoms with Crippen LogP contribution in [0.4, 0.5) is 0 Å². The van der Waals surface area contributed by atoms with E-state index in [4.69, 9.17) is 14.7 Å². The number of allylic oxidation sites excluding steroid dienone is 2. The number of rotatable bonds is 4. The molecule has 0 saturated heterocycles. The Morgan fingerprint density at radius 3 is 2.24 bits per heavy atom. The topological polar surface area (TPSA) is 85.2 Å². The van der Waals surface area contributed by atoms with Crippen molar-refractivity contribution < 1.29 is 24.3 Å². The Morgan fingerprint density at radius 1 is 1.14 bits per heavy atom. The van der Waals surface area contributed by atoms with Crippen molar-refractivity contribution in [3.05, 3.63) is 34.9 Å². The molecule has 1 aromatic carbocycles. The Labute approximate surface area is 121 Å². The van der Waals surface area contributed by atoms with E-state index >= 15 is 0 Å². The average Bonchev–Trinajstić information content (AvgIpc) is 2.51. The van der Waals surface area contributed by atoms with Crippen LogP contribution in [-0.2, 0) is 0 Å². The number of carbonyl (C=O) groups excluding carboxylic acids is 2. The second-order valence-electron chi connectivity index (χ2n) is 4.37. The fourth-order valence-electron chi connectivity index (χ4n) is 2.34. The molecule has 0 heterocycles. The average molecular weight is 289 g/mol. The van der Waals surface area contributed by atoms with E-state index < -0.39 is 0 Å². The predicted molar refractivity (Wildman–Crippen MR) is 76.0 cm³/mol. The molecule has 0 radical (unpaired) electrons. The molecule has 0 fully saturated rings. The largest absolute Gasteiger partial charge is 0.496 e. The Bertz CT molecular complexity index is 673. The zero-order valence-corrected chi connectivity index (χ0v) is 12.0. The van der Waals surface area contributed by atoms with Gasteiger partial charge >= 0.3 is 0 Å². The summed E-state index contributed by atoms with van der Waals surface area (Å²) in [6.07, 6.45) is 2.82. The monoisotopic (exact) mass is 289 g/mol. The van der Waals surface area contributed by atoms with Crippen molar-refractivity contribution in [1.82, 2.24) is 0 Å². The van der Waals surface area contributed by atoms with Crippen LogP contribution in [-0.4, -0.2) is 36.7 Å². The van der Waals surface area contributed by atoms with E-state index in [1.165, 1.54) is 26.4 Å². The molecule has 0 amide bonds. The van der Waals surface area contributed by atoms with Gasteiger partial charge in [-0.1, -0.05) is 12.1 Å². The molecule has 0 saturated carbocycles. The molecule has 0 spiro atoms. The molecule has 110 valence electrons. The van der Waals surface area contributed by atoms with E-state index in [0.29, 0.717) is 17.7 Å². The number of fused-ring (bicyclic) bond motifs is 1. The highest BCUT2D eigenvalue weighted by molar-refractivity contribution is 6.25. The number of hydrogen-bond acceptors (Lipinski definition) is 6. The van der Waals surface area contributed by atoms with Gasteiger partial charge in [-0.2, -0.15) is 0 Å². The third-order valence-electron chi connectivity index (χ3n) is 3.31. The minimum absolute atomic E-state index is 0.133. The fraction of sp³-hybridized carbons (Fsp3) is 0.267. The van der Waals surface area contributed by atoms with E-state index in [9.17, 15) is 9.59 Å². The molecule has 0 unspecified atom stereocenters. The van der Waals surface area contributed by atoms with Gasteiger partial charge in [-0.25, -0.2) is 0 Å². The summed E-state index contributed by atoms with van der Waals surface area (Å²) in [7, 11) is 2.80. The molecule has 1 aromatic rings. The smallest absolute Gasteiger partial charge is 0.190 e. The molecule has 6 nitrogen and oxygen atoms in total. The Hall–Kier alpha value is -2.63. The van der Waals surface area contributed by atoms with E-state index in [0.717, 1.165) is 0 Å². The number of methoxy groups -OCH3 is 2. The molecule has 0 atom stereocenters. The van der Waals surface area contributed by atoms with Gasteiger partial charge in [0.15, 0.2) is 11.6 Å². The molecule has 0 aromatic heterocycles. The highest BCUT2D eigenvalue weighted by Gasteiger charge is 2.30. The highest BCUT2D eigenvalue weighted by Crippen LogP contribution is 2.38. The zero-order chi connectivity index (χ0) is 15.6. The second-order valence-corrected chi connectivity index (χ2v) is 4.37. The van der Waals surface area contributed by atoms with Crippen molar-refractivity contribution in [2.75, 3.05) is 14.2 Å². The van der Waals surface area contributed by atoms with Crippen molar-refractivity contribution in [3.63, 3.8) is 0 Å². The van der Waals surface area contributed by atoms with Crippen LogP contribution in [0.25, 0.3) is 0 Å². The van der Waals surface area contributed by atoms with Gasteiger partial charge in [-0.3, -0.25) is 9.59 Å². The highest BCUT2D eigenvalue weighted by atomic mass is 16.5. The van der Waals surface area contributed by atoms with E-state index in [1.807, 2.05) is 0 Å². The van der Waals surface area contributed by atoms with Crippen LogP contribution in [0.15, 0.2) is 23.4 Å². The lowest BCUT2D eigenvalue weighted by Gasteiger charge is -2.20. The maximum Gasteiger partial charge on any atom is 0.190 e. The number of oxime groups is 1. The van der Waals surface area contributed by atoms with Gasteiger partial charge in [0.05, 0.1) is 31.1 Å². The molecule has 1 N–H and O–H groups in total. The van der Waals surface area contributed by atoms with Gasteiger partial charge in [0.1, 0.15) is 11.5 Å². The molecular weight excluding hydrogens is 274 g/mol. The number of ketones is 2. The number of nitrogens with zero attached hydrogens (tertiary/aromatic N) is 1. The SMILES string of the molecule is CC/C(=N\O)c1cc(OC)c2c(c1OC)C(=O)C=CC2=O. The van der Waals surface area contributed by atoms with Crippen LogP contribution in [0.2, 0.25) is 0 Å². The summed E-state index contributed by atoms with van der Waals surface area (Å²) in [6.45, 7) is 1.80. The van der Waals surface area contributed by atoms with Crippen molar-refractivity contribution >= 4 is 17.3 Å². The van der Waals surface area contributed by atoms with E-state index in [1.54, 1.807) is 13.0 Å². The van der Waals surface area contributed by atoms with Crippen LogP contribution >= 0.6 is 0 Å². The van der Waals surface area contributed by atoms with E-state index in [2.05, 4.69) is 5.16 Å². The minimum Gasteiger partial charge on any atom is -0.496 e. The zero-order valence-electron chi connectivity index (χ0n) is 12.0. The summed E-state index contributed by atoms with van der Waals surface area (Å²) in [5, 5.41) is 12.3. The van der Waals surface area contributed by atoms with Crippen LogP contribution in [0.3, 0.4) is 0 Å². The summed E-state index contributed by atoms with van der Waals surface area (Å²) in [4.78, 5) is 24.2. The predicted octanol–water partition coefficient (Wildman–Crippen LogP) is 2.23. The van der Waals surface area contributed by atoms with Gasteiger partial charge < -0.3 is 14.7 Å². The summed E-state index contributed by atoms with van der Waals surface area (Å²) in [5.41, 5.74) is 1.06. The lowest BCUT2D eigenvalue weighted by Crippen LogP contribution is -2.17. The fourth-order valence-corrected chi connectivity index (χ4v) is 2.34. The lowest BCUT2D eigenvalue weighted by molar-refractivity contribution is 0.0989. The standard InChI is InChI=1S/C15H15NO5/c1-4-9(16-19)8-7-12(20-2)13-10(17)5-6-11(18)14(13)15(8)21-3/h5-7,19H,4H2,1-3H3/b16-9+. The summed E-state index contributed by atoms with van der Waals surface area (Å²) < 4.78 is 10.5. The minimum atomic E-state index is -0.352. The van der Waals surface area contributed by atoms with Gasteiger partial charge in [0.2, 0.25) is 0 Å². The van der Waals surface area contributed by atoms with Crippen LogP contribution in [0.1, 0.15) is 39.6 Å². The first-order chi connectivity index (χ1) is 10.1. The first-order valence-corrected chi connectivity index (χ1v) is 6.36. The van der Waals surface area contributed by atoms with Crippen LogP contribution in [0, 0.1) is 0 Å². The number of benzene rings is 1. The van der Waals surface area contributed by atoms with Crippen molar-refractivity contribution in [2.45, 2.75) is 13.3 Å². The lowest BCUT2D eigenvalue weighted by atomic mass is 9.89. The first-order valence-electron chi connectivity index (χ1n) is 6.36. The molecular formula is C15H15NO5. The maximum atomic E-state index is 12.2.